The summed E-state index contributed by atoms with van der Waals surface area (Å²) in [4.78, 5) is 12.1. The van der Waals surface area contributed by atoms with Crippen LogP contribution in [0, 0.1) is 0 Å². The van der Waals surface area contributed by atoms with Crippen LogP contribution in [0.25, 0.3) is 0 Å². The van der Waals surface area contributed by atoms with Crippen molar-refractivity contribution in [3.8, 4) is 0 Å². The van der Waals surface area contributed by atoms with E-state index in [2.05, 4.69) is 382 Å². The van der Waals surface area contributed by atoms with Gasteiger partial charge in [0.05, 0.1) is 16.8 Å². The predicted octanol–water partition coefficient (Wildman–Crippen LogP) is 21.7. The lowest BCUT2D eigenvalue weighted by Gasteiger charge is -2.47. The molecule has 14 rings (SSSR count). The average molecular weight is 1080 g/mol. The molecule has 1 heterocycles. The first-order chi connectivity index (χ1) is 41.7. The summed E-state index contributed by atoms with van der Waals surface area (Å²) in [7, 11) is 0. The Morgan fingerprint density at radius 3 is 0.631 bits per heavy atom. The fourth-order valence-electron chi connectivity index (χ4n) is 12.4. The number of rotatable bonds is 15. The van der Waals surface area contributed by atoms with Gasteiger partial charge < -0.3 is 24.5 Å². The molecular formula is C79H59N5. The summed E-state index contributed by atoms with van der Waals surface area (Å²) >= 11 is 0. The Hall–Kier alpha value is -11.1. The number of para-hydroxylation sites is 11. The number of fused-ring (bicyclic) bond motifs is 2. The molecule has 0 fully saturated rings. The second-order valence-corrected chi connectivity index (χ2v) is 21.0. The van der Waals surface area contributed by atoms with Gasteiger partial charge in [0.2, 0.25) is 0 Å². The van der Waals surface area contributed by atoms with Crippen molar-refractivity contribution in [3.05, 3.63) is 380 Å². The number of hydrogen-bond acceptors (Lipinski definition) is 5. The third-order valence-electron chi connectivity index (χ3n) is 15.9. The van der Waals surface area contributed by atoms with Crippen molar-refractivity contribution in [2.75, 3.05) is 24.5 Å². The molecule has 0 bridgehead atoms. The largest absolute Gasteiger partial charge is 0.310 e. The van der Waals surface area contributed by atoms with E-state index in [1.807, 2.05) is 0 Å². The summed E-state index contributed by atoms with van der Waals surface area (Å²) in [6, 6.07) is 130. The van der Waals surface area contributed by atoms with E-state index in [-0.39, 0.29) is 0 Å². The fraction of sp³-hybridized carbons (Fsp3) is 0.0127. The third kappa shape index (κ3) is 9.49. The predicted molar refractivity (Wildman–Crippen MR) is 352 cm³/mol. The van der Waals surface area contributed by atoms with Gasteiger partial charge >= 0.3 is 0 Å². The van der Waals surface area contributed by atoms with Gasteiger partial charge in [0.1, 0.15) is 0 Å². The SMILES string of the molecule is c1ccc(N(c2ccccc2)c2cc(N(c3ccccc3)c3ccccc3)cc(C3(c4cc(N(c5ccccc5)c5ccccc5)cc(N(c5ccccc5)c5ccccc5)c4)c4ccccc4N(c4ccccc4)c4ccccc43)c2)cc1. The van der Waals surface area contributed by atoms with Gasteiger partial charge in [-0.25, -0.2) is 0 Å². The molecule has 0 atom stereocenters. The zero-order valence-corrected chi connectivity index (χ0v) is 46.3. The minimum atomic E-state index is -1.04. The third-order valence-corrected chi connectivity index (χ3v) is 15.9. The maximum atomic E-state index is 2.47. The first kappa shape index (κ1) is 51.0. The van der Waals surface area contributed by atoms with E-state index in [0.717, 1.165) is 108 Å². The van der Waals surface area contributed by atoms with Crippen molar-refractivity contribution < 1.29 is 0 Å². The molecule has 84 heavy (non-hydrogen) atoms. The Kier molecular flexibility index (Phi) is 13.8. The molecule has 400 valence electrons. The maximum Gasteiger partial charge on any atom is 0.0745 e. The van der Waals surface area contributed by atoms with Gasteiger partial charge in [-0.1, -0.05) is 200 Å². The van der Waals surface area contributed by atoms with Crippen LogP contribution in [0.1, 0.15) is 22.3 Å². The molecule has 0 radical (unpaired) electrons. The minimum Gasteiger partial charge on any atom is -0.310 e. The summed E-state index contributed by atoms with van der Waals surface area (Å²) in [6.07, 6.45) is 0. The molecule has 1 aliphatic heterocycles. The molecule has 5 nitrogen and oxygen atoms in total. The molecule has 1 aliphatic rings. The van der Waals surface area contributed by atoms with Crippen molar-refractivity contribution in [1.29, 1.82) is 0 Å². The molecule has 13 aromatic carbocycles. The normalized spacial score (nSPS) is 12.1. The average Bonchev–Trinajstić information content (AvgIpc) is 1.75. The zero-order chi connectivity index (χ0) is 56.1. The van der Waals surface area contributed by atoms with Gasteiger partial charge in [0.25, 0.3) is 0 Å². The molecular weight excluding hydrogens is 1020 g/mol. The molecule has 13 aromatic rings. The topological polar surface area (TPSA) is 16.2 Å². The molecule has 5 heteroatoms. The van der Waals surface area contributed by atoms with E-state index in [1.54, 1.807) is 0 Å². The van der Waals surface area contributed by atoms with Crippen LogP contribution in [-0.4, -0.2) is 0 Å². The first-order valence-electron chi connectivity index (χ1n) is 28.7. The van der Waals surface area contributed by atoms with Gasteiger partial charge in [0, 0.05) is 73.9 Å². The molecule has 0 aromatic heterocycles. The zero-order valence-electron chi connectivity index (χ0n) is 46.3. The smallest absolute Gasteiger partial charge is 0.0745 e. The summed E-state index contributed by atoms with van der Waals surface area (Å²) in [6.45, 7) is 0. The van der Waals surface area contributed by atoms with Crippen LogP contribution in [0.2, 0.25) is 0 Å². The number of benzene rings is 13. The van der Waals surface area contributed by atoms with Gasteiger partial charge in [-0.05, 0) is 180 Å². The molecule has 0 N–H and O–H groups in total. The van der Waals surface area contributed by atoms with Crippen molar-refractivity contribution >= 4 is 85.3 Å². The van der Waals surface area contributed by atoms with Crippen LogP contribution in [-0.2, 0) is 5.41 Å². The summed E-state index contributed by atoms with van der Waals surface area (Å²) in [5.41, 5.74) is 18.9. The summed E-state index contributed by atoms with van der Waals surface area (Å²) in [5, 5.41) is 0. The Bertz CT molecular complexity index is 3680. The van der Waals surface area contributed by atoms with E-state index in [0.29, 0.717) is 0 Å². The summed E-state index contributed by atoms with van der Waals surface area (Å²) < 4.78 is 0. The van der Waals surface area contributed by atoms with E-state index in [4.69, 9.17) is 0 Å². The molecule has 0 unspecified atom stereocenters. The Morgan fingerprint density at radius 1 is 0.190 bits per heavy atom. The molecule has 0 spiro atoms. The highest BCUT2D eigenvalue weighted by atomic mass is 15.2. The highest BCUT2D eigenvalue weighted by molar-refractivity contribution is 5.94. The van der Waals surface area contributed by atoms with Gasteiger partial charge in [0.15, 0.2) is 0 Å². The fourth-order valence-corrected chi connectivity index (χ4v) is 12.4. The lowest BCUT2D eigenvalue weighted by molar-refractivity contribution is 0.731. The summed E-state index contributed by atoms with van der Waals surface area (Å²) in [5.74, 6) is 0. The Morgan fingerprint density at radius 2 is 0.393 bits per heavy atom. The second-order valence-electron chi connectivity index (χ2n) is 21.0. The molecule has 0 amide bonds. The van der Waals surface area contributed by atoms with Crippen LogP contribution >= 0.6 is 0 Å². The van der Waals surface area contributed by atoms with E-state index in [1.165, 1.54) is 0 Å². The Labute approximate surface area is 492 Å². The lowest BCUT2D eigenvalue weighted by atomic mass is 9.62. The highest BCUT2D eigenvalue weighted by Crippen LogP contribution is 2.60. The first-order valence-corrected chi connectivity index (χ1v) is 28.7. The van der Waals surface area contributed by atoms with Gasteiger partial charge in [-0.3, -0.25) is 0 Å². The van der Waals surface area contributed by atoms with Crippen molar-refractivity contribution in [1.82, 2.24) is 0 Å². The van der Waals surface area contributed by atoms with Crippen LogP contribution in [0.5, 0.6) is 0 Å². The number of hydrogen-bond donors (Lipinski definition) is 0. The molecule has 0 aliphatic carbocycles. The quantitative estimate of drug-likeness (QED) is 0.101. The number of nitrogens with zero attached hydrogens (tertiary/aromatic N) is 5. The van der Waals surface area contributed by atoms with E-state index >= 15 is 0 Å². The van der Waals surface area contributed by atoms with Crippen molar-refractivity contribution in [2.24, 2.45) is 0 Å². The van der Waals surface area contributed by atoms with Crippen LogP contribution in [0.15, 0.2) is 358 Å². The monoisotopic (exact) mass is 1080 g/mol. The van der Waals surface area contributed by atoms with E-state index < -0.39 is 5.41 Å². The van der Waals surface area contributed by atoms with Gasteiger partial charge in [-0.2, -0.15) is 0 Å². The van der Waals surface area contributed by atoms with Crippen LogP contribution in [0.3, 0.4) is 0 Å². The van der Waals surface area contributed by atoms with E-state index in [9.17, 15) is 0 Å². The van der Waals surface area contributed by atoms with Gasteiger partial charge in [-0.15, -0.1) is 0 Å². The standard InChI is InChI=1S/C79H59N5/c1-10-32-62(33-11-1)80(63-34-12-2-13-35-63)71-54-60(55-72(58-71)81(64-36-14-3-15-37-64)65-38-16-4-17-39-65)79(75-50-28-30-52-77(75)84(70-48-26-9-27-49-70)78-53-31-29-51-76(78)79)61-56-73(82(66-40-18-5-19-41-66)67-42-20-6-21-43-67)59-74(57-61)83(68-44-22-7-23-45-68)69-46-24-8-25-47-69/h1-59H. The molecule has 0 saturated heterocycles. The van der Waals surface area contributed by atoms with Crippen molar-refractivity contribution in [2.45, 2.75) is 5.41 Å². The van der Waals surface area contributed by atoms with Crippen molar-refractivity contribution in [3.63, 3.8) is 0 Å². The maximum absolute atomic E-state index is 2.47. The lowest BCUT2D eigenvalue weighted by Crippen LogP contribution is -2.38. The second kappa shape index (κ2) is 22.8. The van der Waals surface area contributed by atoms with Crippen LogP contribution < -0.4 is 24.5 Å². The number of anilines is 15. The Balaban J connectivity index is 1.18. The molecule has 0 saturated carbocycles. The minimum absolute atomic E-state index is 0.998. The van der Waals surface area contributed by atoms with Crippen LogP contribution in [0.4, 0.5) is 85.3 Å². The highest BCUT2D eigenvalue weighted by Gasteiger charge is 2.48.